The van der Waals surface area contributed by atoms with E-state index in [4.69, 9.17) is 20.1 Å². The van der Waals surface area contributed by atoms with Crippen molar-refractivity contribution in [3.63, 3.8) is 0 Å². The van der Waals surface area contributed by atoms with Crippen LogP contribution in [0.1, 0.15) is 6.42 Å². The molecule has 17 heavy (non-hydrogen) atoms. The van der Waals surface area contributed by atoms with Crippen LogP contribution in [0.3, 0.4) is 0 Å². The molecule has 8 heteroatoms. The van der Waals surface area contributed by atoms with E-state index in [-0.39, 0.29) is 25.4 Å². The molecule has 2 rings (SSSR count). The average molecular weight is 245 g/mol. The maximum absolute atomic E-state index is 9.82. The largest absolute Gasteiger partial charge is 0.394 e. The Hall–Kier alpha value is -0.890. The molecule has 0 aliphatic carbocycles. The van der Waals surface area contributed by atoms with Crippen molar-refractivity contribution in [1.29, 1.82) is 0 Å². The van der Waals surface area contributed by atoms with Crippen molar-refractivity contribution in [2.45, 2.75) is 43.0 Å². The predicted molar refractivity (Wildman–Crippen MR) is 55.1 cm³/mol. The van der Waals surface area contributed by atoms with Crippen LogP contribution in [0, 0.1) is 0 Å². The van der Waals surface area contributed by atoms with Gasteiger partial charge in [0.25, 0.3) is 0 Å². The van der Waals surface area contributed by atoms with Crippen molar-refractivity contribution >= 4 is 0 Å². The minimum Gasteiger partial charge on any atom is -0.394 e. The number of fused-ring (bicyclic) bond motifs is 1. The maximum atomic E-state index is 9.82. The molecule has 0 aromatic rings. The average Bonchev–Trinajstić information content (AvgIpc) is 2.74. The van der Waals surface area contributed by atoms with Crippen LogP contribution in [0.4, 0.5) is 0 Å². The van der Waals surface area contributed by atoms with Gasteiger partial charge in [0.15, 0.2) is 0 Å². The number of hydrogen-bond acceptors (Lipinski definition) is 6. The summed E-state index contributed by atoms with van der Waals surface area (Å²) in [6.45, 7) is -0.193. The van der Waals surface area contributed by atoms with E-state index < -0.39 is 24.4 Å². The molecular formula is C9H15N3O5. The van der Waals surface area contributed by atoms with Gasteiger partial charge in [-0.05, 0) is 5.53 Å². The summed E-state index contributed by atoms with van der Waals surface area (Å²) in [6.07, 6.45) is -3.92. The van der Waals surface area contributed by atoms with E-state index in [9.17, 15) is 10.2 Å². The van der Waals surface area contributed by atoms with Gasteiger partial charge in [-0.2, -0.15) is 0 Å². The number of nitrogens with zero attached hydrogens (tertiary/aromatic N) is 3. The summed E-state index contributed by atoms with van der Waals surface area (Å²) in [5, 5.41) is 31.9. The van der Waals surface area contributed by atoms with Gasteiger partial charge >= 0.3 is 0 Å². The molecule has 8 nitrogen and oxygen atoms in total. The Morgan fingerprint density at radius 2 is 2.06 bits per heavy atom. The monoisotopic (exact) mass is 245 g/mol. The lowest BCUT2D eigenvalue weighted by Gasteiger charge is -2.38. The lowest BCUT2D eigenvalue weighted by atomic mass is 9.95. The number of aliphatic hydroxyl groups is 3. The van der Waals surface area contributed by atoms with Crippen molar-refractivity contribution in [2.75, 3.05) is 13.2 Å². The normalized spacial score (nSPS) is 45.1. The van der Waals surface area contributed by atoms with E-state index in [0.29, 0.717) is 6.42 Å². The van der Waals surface area contributed by atoms with Crippen LogP contribution in [0.2, 0.25) is 0 Å². The summed E-state index contributed by atoms with van der Waals surface area (Å²) in [7, 11) is 0. The topological polar surface area (TPSA) is 128 Å². The molecule has 2 heterocycles. The Labute approximate surface area is 97.4 Å². The molecular weight excluding hydrogens is 230 g/mol. The second-order valence-electron chi connectivity index (χ2n) is 4.25. The number of aliphatic hydroxyl groups excluding tert-OH is 3. The third-order valence-corrected chi connectivity index (χ3v) is 3.16. The first-order valence-electron chi connectivity index (χ1n) is 5.46. The van der Waals surface area contributed by atoms with E-state index in [1.807, 2.05) is 0 Å². The Morgan fingerprint density at radius 1 is 1.29 bits per heavy atom. The van der Waals surface area contributed by atoms with Gasteiger partial charge in [0, 0.05) is 11.3 Å². The summed E-state index contributed by atoms with van der Waals surface area (Å²) in [5.74, 6) is 0. The van der Waals surface area contributed by atoms with Crippen molar-refractivity contribution in [2.24, 2.45) is 5.11 Å². The van der Waals surface area contributed by atoms with E-state index in [1.54, 1.807) is 0 Å². The van der Waals surface area contributed by atoms with Gasteiger partial charge in [-0.3, -0.25) is 0 Å². The molecule has 0 aromatic heterocycles. The number of hydrogen-bond donors (Lipinski definition) is 3. The quantitative estimate of drug-likeness (QED) is 0.331. The standard InChI is InChI=1S/C9H15N3O5/c10-12-11-2-4-1-5-9(16-4)8(15)7(14)6(3-13)17-5/h4-9,13-15H,1-3H2/t4?,5-,6?,7+,8?,9?/m1/s1. The highest BCUT2D eigenvalue weighted by Crippen LogP contribution is 2.33. The Morgan fingerprint density at radius 3 is 2.71 bits per heavy atom. The van der Waals surface area contributed by atoms with Gasteiger partial charge in [0.2, 0.25) is 0 Å². The summed E-state index contributed by atoms with van der Waals surface area (Å²) in [4.78, 5) is 2.63. The minimum absolute atomic E-state index is 0.166. The first-order valence-corrected chi connectivity index (χ1v) is 5.46. The SMILES string of the molecule is [N-]=[N+]=NCC1C[C@H]2OC(CO)[C@H](O)C(O)C2O1. The molecule has 0 radical (unpaired) electrons. The first kappa shape index (κ1) is 12.6. The van der Waals surface area contributed by atoms with Crippen LogP contribution < -0.4 is 0 Å². The second kappa shape index (κ2) is 5.18. The number of rotatable bonds is 3. The molecule has 96 valence electrons. The third kappa shape index (κ3) is 2.37. The Kier molecular flexibility index (Phi) is 3.82. The fourth-order valence-corrected chi connectivity index (χ4v) is 2.31. The summed E-state index contributed by atoms with van der Waals surface area (Å²) in [6, 6.07) is 0. The second-order valence-corrected chi connectivity index (χ2v) is 4.25. The van der Waals surface area contributed by atoms with Gasteiger partial charge in [-0.1, -0.05) is 5.11 Å². The van der Waals surface area contributed by atoms with E-state index in [0.717, 1.165) is 0 Å². The van der Waals surface area contributed by atoms with Crippen LogP contribution >= 0.6 is 0 Å². The highest BCUT2D eigenvalue weighted by Gasteiger charge is 2.49. The molecule has 2 aliphatic rings. The van der Waals surface area contributed by atoms with E-state index in [1.165, 1.54) is 0 Å². The lowest BCUT2D eigenvalue weighted by molar-refractivity contribution is -0.217. The Balaban J connectivity index is 2.02. The van der Waals surface area contributed by atoms with Gasteiger partial charge in [0.1, 0.15) is 24.4 Å². The zero-order chi connectivity index (χ0) is 12.4. The molecule has 4 unspecified atom stereocenters. The first-order chi connectivity index (χ1) is 8.17. The zero-order valence-corrected chi connectivity index (χ0v) is 9.09. The number of azide groups is 1. The molecule has 2 fully saturated rings. The fraction of sp³-hybridized carbons (Fsp3) is 1.00. The third-order valence-electron chi connectivity index (χ3n) is 3.16. The van der Waals surface area contributed by atoms with Crippen molar-refractivity contribution in [3.05, 3.63) is 10.4 Å². The molecule has 2 aliphatic heterocycles. The molecule has 6 atom stereocenters. The van der Waals surface area contributed by atoms with Crippen molar-refractivity contribution in [3.8, 4) is 0 Å². The summed E-state index contributed by atoms with van der Waals surface area (Å²) < 4.78 is 10.9. The minimum atomic E-state index is -1.17. The molecule has 3 N–H and O–H groups in total. The van der Waals surface area contributed by atoms with E-state index in [2.05, 4.69) is 10.0 Å². The molecule has 0 bridgehead atoms. The van der Waals surface area contributed by atoms with Gasteiger partial charge in [-0.25, -0.2) is 0 Å². The van der Waals surface area contributed by atoms with Gasteiger partial charge in [-0.15, -0.1) is 0 Å². The highest BCUT2D eigenvalue weighted by atomic mass is 16.6. The molecule has 0 amide bonds. The van der Waals surface area contributed by atoms with Crippen molar-refractivity contribution < 1.29 is 24.8 Å². The van der Waals surface area contributed by atoms with Crippen molar-refractivity contribution in [1.82, 2.24) is 0 Å². The van der Waals surface area contributed by atoms with Crippen LogP contribution in [-0.4, -0.2) is 65.1 Å². The molecule has 0 saturated carbocycles. The van der Waals surface area contributed by atoms with Crippen LogP contribution in [-0.2, 0) is 9.47 Å². The molecule has 0 aromatic carbocycles. The van der Waals surface area contributed by atoms with Gasteiger partial charge < -0.3 is 24.8 Å². The summed E-state index contributed by atoms with van der Waals surface area (Å²) in [5.41, 5.74) is 8.21. The van der Waals surface area contributed by atoms with E-state index >= 15 is 0 Å². The highest BCUT2D eigenvalue weighted by molar-refractivity contribution is 4.98. The molecule has 2 saturated heterocycles. The number of ether oxygens (including phenoxy) is 2. The fourth-order valence-electron chi connectivity index (χ4n) is 2.31. The Bertz CT molecular complexity index is 322. The summed E-state index contributed by atoms with van der Waals surface area (Å²) >= 11 is 0. The van der Waals surface area contributed by atoms with Crippen LogP contribution in [0.15, 0.2) is 5.11 Å². The van der Waals surface area contributed by atoms with Gasteiger partial charge in [0.05, 0.1) is 25.4 Å². The smallest absolute Gasteiger partial charge is 0.113 e. The zero-order valence-electron chi connectivity index (χ0n) is 9.09. The lowest BCUT2D eigenvalue weighted by Crippen LogP contribution is -2.57. The molecule has 0 spiro atoms. The predicted octanol–water partition coefficient (Wildman–Crippen LogP) is -1.06. The van der Waals surface area contributed by atoms with Crippen LogP contribution in [0.5, 0.6) is 0 Å². The van der Waals surface area contributed by atoms with Crippen LogP contribution in [0.25, 0.3) is 10.4 Å². The maximum Gasteiger partial charge on any atom is 0.113 e.